The van der Waals surface area contributed by atoms with E-state index in [0.717, 1.165) is 97.8 Å². The first-order valence-electron chi connectivity index (χ1n) is 22.5. The van der Waals surface area contributed by atoms with Crippen LogP contribution in [0.1, 0.15) is 73.6 Å². The van der Waals surface area contributed by atoms with Crippen LogP contribution in [0.2, 0.25) is 0 Å². The topological polar surface area (TPSA) is 65.0 Å². The van der Waals surface area contributed by atoms with Crippen molar-refractivity contribution in [3.63, 3.8) is 0 Å². The van der Waals surface area contributed by atoms with Gasteiger partial charge in [-0.25, -0.2) is 0 Å². The molecule has 0 fully saturated rings. The molecule has 306 valence electrons. The lowest BCUT2D eigenvalue weighted by Gasteiger charge is -2.07. The number of pyridine rings is 3. The Morgan fingerprint density at radius 1 is 0.339 bits per heavy atom. The van der Waals surface area contributed by atoms with Gasteiger partial charge < -0.3 is 8.83 Å². The maximum absolute atomic E-state index is 6.24. The Bertz CT molecular complexity index is 3070. The van der Waals surface area contributed by atoms with E-state index in [4.69, 9.17) is 23.8 Å². The van der Waals surface area contributed by atoms with Gasteiger partial charge in [0.25, 0.3) is 0 Å². The third-order valence-electron chi connectivity index (χ3n) is 12.4. The third-order valence-corrected chi connectivity index (χ3v) is 12.4. The molecule has 62 heavy (non-hydrogen) atoms. The maximum atomic E-state index is 6.24. The lowest BCUT2D eigenvalue weighted by molar-refractivity contribution is 0.639. The van der Waals surface area contributed by atoms with Crippen molar-refractivity contribution >= 4 is 43.9 Å². The molecule has 5 aromatic heterocycles. The molecule has 10 rings (SSSR count). The lowest BCUT2D eigenvalue weighted by atomic mass is 10.0. The predicted octanol–water partition coefficient (Wildman–Crippen LogP) is 15.4. The standard InChI is InChI=1S/C57H51N3O2/c1(3-7-17-42-29-33-51(59-38-42)49-23-13-21-47-45-19-9-11-25-54(45)61-56(47)49)5-15-40-27-31-44(32-28-40)53-37-41(35-36-58-53)16-6-2-4-8-18-43-30-34-52(60-39-43)50-24-14-22-48-46-20-10-12-26-55(46)62-57(48)50/h9-14,19-39H,1-8,15-18H2. The summed E-state index contributed by atoms with van der Waals surface area (Å²) in [5.74, 6) is 0. The second-order valence-electron chi connectivity index (χ2n) is 16.7. The Morgan fingerprint density at radius 2 is 0.806 bits per heavy atom. The van der Waals surface area contributed by atoms with E-state index in [1.807, 2.05) is 42.9 Å². The summed E-state index contributed by atoms with van der Waals surface area (Å²) in [6.07, 6.45) is 20.0. The largest absolute Gasteiger partial charge is 0.455 e. The zero-order chi connectivity index (χ0) is 41.5. The van der Waals surface area contributed by atoms with E-state index in [0.29, 0.717) is 0 Å². The number of fused-ring (bicyclic) bond motifs is 6. The Balaban J connectivity index is 0.627. The number of hydrogen-bond acceptors (Lipinski definition) is 5. The van der Waals surface area contributed by atoms with E-state index in [-0.39, 0.29) is 0 Å². The highest BCUT2D eigenvalue weighted by Crippen LogP contribution is 2.36. The van der Waals surface area contributed by atoms with Gasteiger partial charge in [0.1, 0.15) is 22.3 Å². The quantitative estimate of drug-likeness (QED) is 0.0857. The highest BCUT2D eigenvalue weighted by Gasteiger charge is 2.14. The van der Waals surface area contributed by atoms with Crippen molar-refractivity contribution in [2.24, 2.45) is 0 Å². The molecular formula is C57H51N3O2. The molecule has 0 amide bonds. The molecule has 0 aliphatic heterocycles. The van der Waals surface area contributed by atoms with Crippen molar-refractivity contribution in [1.82, 2.24) is 15.0 Å². The summed E-state index contributed by atoms with van der Waals surface area (Å²) in [6, 6.07) is 51.3. The molecule has 0 N–H and O–H groups in total. The molecule has 0 atom stereocenters. The molecule has 0 spiro atoms. The first-order valence-corrected chi connectivity index (χ1v) is 22.5. The number of nitrogens with zero attached hydrogens (tertiary/aromatic N) is 3. The zero-order valence-electron chi connectivity index (χ0n) is 35.2. The fraction of sp³-hybridized carbons (Fsp3) is 0.211. The summed E-state index contributed by atoms with van der Waals surface area (Å²) >= 11 is 0. The van der Waals surface area contributed by atoms with Crippen LogP contribution in [0, 0.1) is 0 Å². The van der Waals surface area contributed by atoms with Crippen LogP contribution in [0.5, 0.6) is 0 Å². The van der Waals surface area contributed by atoms with E-state index < -0.39 is 0 Å². The second-order valence-corrected chi connectivity index (χ2v) is 16.7. The van der Waals surface area contributed by atoms with Crippen LogP contribution in [0.25, 0.3) is 77.6 Å². The third kappa shape index (κ3) is 8.67. The molecule has 0 saturated heterocycles. The predicted molar refractivity (Wildman–Crippen MR) is 255 cm³/mol. The number of benzene rings is 5. The second kappa shape index (κ2) is 18.4. The van der Waals surface area contributed by atoms with Gasteiger partial charge in [0.15, 0.2) is 0 Å². The van der Waals surface area contributed by atoms with E-state index >= 15 is 0 Å². The van der Waals surface area contributed by atoms with Gasteiger partial charge in [-0.3, -0.25) is 15.0 Å². The zero-order valence-corrected chi connectivity index (χ0v) is 35.2. The van der Waals surface area contributed by atoms with Gasteiger partial charge in [-0.15, -0.1) is 0 Å². The van der Waals surface area contributed by atoms with Gasteiger partial charge in [-0.1, -0.05) is 123 Å². The Hall–Kier alpha value is -6.85. The van der Waals surface area contributed by atoms with Crippen molar-refractivity contribution in [1.29, 1.82) is 0 Å². The minimum absolute atomic E-state index is 0.907. The number of aryl methyl sites for hydroxylation is 4. The number of hydrogen-bond donors (Lipinski definition) is 0. The number of aromatic nitrogens is 3. The SMILES string of the molecule is c1ccc2c(c1)oc1c(-c3ccc(CCCCCCc4ccc(-c5cc(CCCCCCc6ccc(-c7cccc8c7oc7ccccc78)nc6)ccn5)cc4)cn3)cccc12. The van der Waals surface area contributed by atoms with E-state index in [9.17, 15) is 0 Å². The summed E-state index contributed by atoms with van der Waals surface area (Å²) < 4.78 is 12.5. The molecule has 0 aliphatic rings. The first kappa shape index (κ1) is 39.3. The molecule has 0 aliphatic carbocycles. The summed E-state index contributed by atoms with van der Waals surface area (Å²) in [4.78, 5) is 14.4. The van der Waals surface area contributed by atoms with Gasteiger partial charge in [0.05, 0.1) is 17.1 Å². The lowest BCUT2D eigenvalue weighted by Crippen LogP contribution is -1.92. The molecule has 5 aromatic carbocycles. The minimum Gasteiger partial charge on any atom is -0.455 e. The fourth-order valence-corrected chi connectivity index (χ4v) is 9.01. The number of furan rings is 2. The van der Waals surface area contributed by atoms with Crippen LogP contribution in [0.15, 0.2) is 173 Å². The van der Waals surface area contributed by atoms with Gasteiger partial charge in [-0.05, 0) is 122 Å². The van der Waals surface area contributed by atoms with E-state index in [2.05, 4.69) is 121 Å². The van der Waals surface area contributed by atoms with Crippen LogP contribution in [-0.4, -0.2) is 15.0 Å². The van der Waals surface area contributed by atoms with Crippen LogP contribution >= 0.6 is 0 Å². The maximum Gasteiger partial charge on any atom is 0.144 e. The number of para-hydroxylation sites is 4. The van der Waals surface area contributed by atoms with Gasteiger partial charge in [0.2, 0.25) is 0 Å². The Labute approximate surface area is 363 Å². The van der Waals surface area contributed by atoms with Crippen molar-refractivity contribution in [3.8, 4) is 33.8 Å². The van der Waals surface area contributed by atoms with Crippen molar-refractivity contribution in [3.05, 3.63) is 186 Å². The number of rotatable bonds is 17. The summed E-state index contributed by atoms with van der Waals surface area (Å²) in [5.41, 5.74) is 15.3. The Morgan fingerprint density at radius 3 is 1.32 bits per heavy atom. The van der Waals surface area contributed by atoms with E-state index in [1.54, 1.807) is 0 Å². The Kier molecular flexibility index (Phi) is 11.7. The summed E-state index contributed by atoms with van der Waals surface area (Å²) in [7, 11) is 0. The molecule has 0 radical (unpaired) electrons. The molecule has 0 unspecified atom stereocenters. The summed E-state index contributed by atoms with van der Waals surface area (Å²) in [6.45, 7) is 0. The van der Waals surface area contributed by atoms with Gasteiger partial charge in [-0.2, -0.15) is 0 Å². The van der Waals surface area contributed by atoms with Crippen LogP contribution in [0.4, 0.5) is 0 Å². The minimum atomic E-state index is 0.907. The first-order chi connectivity index (χ1) is 30.7. The summed E-state index contributed by atoms with van der Waals surface area (Å²) in [5, 5.41) is 4.57. The molecular weight excluding hydrogens is 759 g/mol. The smallest absolute Gasteiger partial charge is 0.144 e. The molecule has 0 saturated carbocycles. The highest BCUT2D eigenvalue weighted by atomic mass is 16.3. The van der Waals surface area contributed by atoms with Crippen molar-refractivity contribution < 1.29 is 8.83 Å². The van der Waals surface area contributed by atoms with Gasteiger partial charge >= 0.3 is 0 Å². The fourth-order valence-electron chi connectivity index (χ4n) is 9.01. The molecule has 5 heterocycles. The molecule has 5 heteroatoms. The van der Waals surface area contributed by atoms with Crippen LogP contribution in [-0.2, 0) is 25.7 Å². The monoisotopic (exact) mass is 809 g/mol. The van der Waals surface area contributed by atoms with Gasteiger partial charge in [0, 0.05) is 56.8 Å². The highest BCUT2D eigenvalue weighted by molar-refractivity contribution is 6.10. The number of unbranched alkanes of at least 4 members (excludes halogenated alkanes) is 6. The molecule has 0 bridgehead atoms. The van der Waals surface area contributed by atoms with Crippen LogP contribution in [0.3, 0.4) is 0 Å². The van der Waals surface area contributed by atoms with Crippen molar-refractivity contribution in [2.75, 3.05) is 0 Å². The van der Waals surface area contributed by atoms with Crippen LogP contribution < -0.4 is 0 Å². The average molecular weight is 810 g/mol. The average Bonchev–Trinajstić information content (AvgIpc) is 3.91. The normalized spacial score (nSPS) is 11.7. The molecule has 10 aromatic rings. The molecule has 5 nitrogen and oxygen atoms in total. The van der Waals surface area contributed by atoms with E-state index in [1.165, 1.54) is 79.2 Å². The van der Waals surface area contributed by atoms with Crippen molar-refractivity contribution in [2.45, 2.75) is 77.0 Å².